The quantitative estimate of drug-likeness (QED) is 0.570. The van der Waals surface area contributed by atoms with E-state index in [9.17, 15) is 9.18 Å². The molecule has 2 saturated carbocycles. The summed E-state index contributed by atoms with van der Waals surface area (Å²) in [7, 11) is 1.59. The Labute approximate surface area is 200 Å². The van der Waals surface area contributed by atoms with E-state index in [0.717, 1.165) is 44.1 Å². The minimum absolute atomic E-state index is 0.0573. The van der Waals surface area contributed by atoms with Crippen molar-refractivity contribution >= 4 is 5.91 Å². The second-order valence-electron chi connectivity index (χ2n) is 9.49. The van der Waals surface area contributed by atoms with E-state index in [0.29, 0.717) is 36.0 Å². The van der Waals surface area contributed by atoms with Crippen molar-refractivity contribution < 1.29 is 18.7 Å². The monoisotopic (exact) mass is 467 g/mol. The molecular formula is C27H34FN3O3. The van der Waals surface area contributed by atoms with Crippen LogP contribution in [0, 0.1) is 11.8 Å². The number of ether oxygens (including phenoxy) is 2. The summed E-state index contributed by atoms with van der Waals surface area (Å²) in [5.74, 6) is 1.86. The summed E-state index contributed by atoms with van der Waals surface area (Å²) >= 11 is 0. The van der Waals surface area contributed by atoms with Gasteiger partial charge in [0.25, 0.3) is 0 Å². The van der Waals surface area contributed by atoms with Gasteiger partial charge in [0.2, 0.25) is 11.8 Å². The van der Waals surface area contributed by atoms with Gasteiger partial charge in [0.1, 0.15) is 12.4 Å². The molecule has 1 aromatic carbocycles. The van der Waals surface area contributed by atoms with Crippen LogP contribution in [0.3, 0.4) is 0 Å². The first-order valence-electron chi connectivity index (χ1n) is 12.0. The van der Waals surface area contributed by atoms with Crippen molar-refractivity contribution in [3.8, 4) is 11.6 Å². The molecule has 6 nitrogen and oxygen atoms in total. The smallest absolute Gasteiger partial charge is 0.223 e. The number of nitrogens with two attached hydrogens (primary N) is 1. The molecule has 3 N–H and O–H groups in total. The lowest BCUT2D eigenvalue weighted by molar-refractivity contribution is -0.129. The van der Waals surface area contributed by atoms with Crippen molar-refractivity contribution in [3.63, 3.8) is 0 Å². The highest BCUT2D eigenvalue weighted by atomic mass is 19.1. The molecule has 3 unspecified atom stereocenters. The van der Waals surface area contributed by atoms with Crippen LogP contribution in [0.1, 0.15) is 49.7 Å². The number of methoxy groups -OCH3 is 1. The first kappa shape index (κ1) is 24.2. The number of amides is 1. The van der Waals surface area contributed by atoms with Crippen LogP contribution in [0.5, 0.6) is 11.6 Å². The molecule has 2 bridgehead atoms. The molecule has 1 heterocycles. The minimum Gasteiger partial charge on any atom is -0.489 e. The third kappa shape index (κ3) is 5.41. The van der Waals surface area contributed by atoms with Gasteiger partial charge in [-0.3, -0.25) is 4.79 Å². The first-order valence-corrected chi connectivity index (χ1v) is 12.0. The Kier molecular flexibility index (Phi) is 7.83. The van der Waals surface area contributed by atoms with Crippen LogP contribution in [-0.2, 0) is 16.8 Å². The highest BCUT2D eigenvalue weighted by Crippen LogP contribution is 2.52. The van der Waals surface area contributed by atoms with Gasteiger partial charge in [0, 0.05) is 36.8 Å². The lowest BCUT2D eigenvalue weighted by atomic mass is 9.56. The summed E-state index contributed by atoms with van der Waals surface area (Å²) in [5, 5.41) is 3.14. The van der Waals surface area contributed by atoms with Gasteiger partial charge in [-0.05, 0) is 72.8 Å². The van der Waals surface area contributed by atoms with E-state index in [1.54, 1.807) is 13.3 Å². The zero-order valence-corrected chi connectivity index (χ0v) is 19.8. The number of pyridine rings is 1. The number of nitrogens with one attached hydrogen (secondary N) is 1. The number of benzene rings is 1. The summed E-state index contributed by atoms with van der Waals surface area (Å²) < 4.78 is 23.5. The summed E-state index contributed by atoms with van der Waals surface area (Å²) in [6.45, 7) is 0.782. The van der Waals surface area contributed by atoms with Gasteiger partial charge in [-0.2, -0.15) is 0 Å². The van der Waals surface area contributed by atoms with Crippen LogP contribution < -0.4 is 20.5 Å². The summed E-state index contributed by atoms with van der Waals surface area (Å²) in [4.78, 5) is 17.2. The highest BCUT2D eigenvalue weighted by Gasteiger charge is 2.46. The number of carbonyl (C=O) groups excluding carboxylic acids is 1. The van der Waals surface area contributed by atoms with Crippen LogP contribution >= 0.6 is 0 Å². The van der Waals surface area contributed by atoms with Crippen molar-refractivity contribution in [1.29, 1.82) is 0 Å². The highest BCUT2D eigenvalue weighted by molar-refractivity contribution is 5.79. The second kappa shape index (κ2) is 11.0. The van der Waals surface area contributed by atoms with E-state index in [1.165, 1.54) is 5.56 Å². The molecular weight excluding hydrogens is 433 g/mol. The van der Waals surface area contributed by atoms with E-state index in [4.69, 9.17) is 15.2 Å². The van der Waals surface area contributed by atoms with Gasteiger partial charge >= 0.3 is 0 Å². The van der Waals surface area contributed by atoms with Gasteiger partial charge < -0.3 is 20.5 Å². The normalized spacial score (nSPS) is 24.4. The number of hydrogen-bond acceptors (Lipinski definition) is 5. The molecule has 1 aromatic heterocycles. The summed E-state index contributed by atoms with van der Waals surface area (Å²) in [6.07, 6.45) is 8.53. The molecule has 0 saturated heterocycles. The standard InChI is InChI=1S/C27H34FN3O3/c1-33-25-13-19(9-12-30-25)17-31-26(32)24-8-11-27(10-2-3-21(24)14-27)22-4-6-23(7-5-22)34-18-20(15-28)16-29/h4-7,9,12-13,15,21,24H,2-3,8,10-11,14,16-18,29H2,1H3,(H,31,32)/b20-15+. The SMILES string of the molecule is COc1cc(CNC(=O)C2CCC3(c4ccc(OC/C(=C/F)CN)cc4)CCCC2C3)ccn1. The number of rotatable bonds is 9. The molecule has 2 aromatic rings. The molecule has 0 aliphatic heterocycles. The minimum atomic E-state index is 0.0573. The van der Waals surface area contributed by atoms with Crippen molar-refractivity contribution in [1.82, 2.24) is 10.3 Å². The fourth-order valence-electron chi connectivity index (χ4n) is 5.61. The average molecular weight is 468 g/mol. The number of aromatic nitrogens is 1. The molecule has 0 spiro atoms. The number of nitrogens with zero attached hydrogens (tertiary/aromatic N) is 1. The van der Waals surface area contributed by atoms with E-state index in [-0.39, 0.29) is 30.4 Å². The largest absolute Gasteiger partial charge is 0.489 e. The molecule has 182 valence electrons. The number of fused-ring (bicyclic) bond motifs is 2. The lowest BCUT2D eigenvalue weighted by Gasteiger charge is -2.48. The molecule has 1 amide bonds. The van der Waals surface area contributed by atoms with Crippen LogP contribution in [0.2, 0.25) is 0 Å². The van der Waals surface area contributed by atoms with Gasteiger partial charge in [-0.15, -0.1) is 0 Å². The van der Waals surface area contributed by atoms with Crippen LogP contribution in [-0.4, -0.2) is 31.2 Å². The van der Waals surface area contributed by atoms with Crippen LogP contribution in [0.25, 0.3) is 0 Å². The zero-order valence-electron chi connectivity index (χ0n) is 19.8. The maximum Gasteiger partial charge on any atom is 0.223 e. The molecule has 0 radical (unpaired) electrons. The van der Waals surface area contributed by atoms with E-state index in [1.807, 2.05) is 24.3 Å². The lowest BCUT2D eigenvalue weighted by Crippen LogP contribution is -2.45. The van der Waals surface area contributed by atoms with E-state index >= 15 is 0 Å². The van der Waals surface area contributed by atoms with Gasteiger partial charge in [-0.1, -0.05) is 18.6 Å². The van der Waals surface area contributed by atoms with Crippen molar-refractivity contribution in [2.75, 3.05) is 20.3 Å². The predicted octanol–water partition coefficient (Wildman–Crippen LogP) is 4.44. The van der Waals surface area contributed by atoms with Gasteiger partial charge in [-0.25, -0.2) is 9.37 Å². The van der Waals surface area contributed by atoms with Crippen molar-refractivity contribution in [2.45, 2.75) is 50.5 Å². The molecule has 2 aliphatic carbocycles. The predicted molar refractivity (Wildman–Crippen MR) is 129 cm³/mol. The maximum absolute atomic E-state index is 13.1. The van der Waals surface area contributed by atoms with Crippen LogP contribution in [0.4, 0.5) is 4.39 Å². The van der Waals surface area contributed by atoms with Gasteiger partial charge in [0.05, 0.1) is 13.4 Å². The van der Waals surface area contributed by atoms with Crippen molar-refractivity contribution in [3.05, 3.63) is 65.6 Å². The van der Waals surface area contributed by atoms with Gasteiger partial charge in [0.15, 0.2) is 0 Å². The Morgan fingerprint density at radius 2 is 2.09 bits per heavy atom. The topological polar surface area (TPSA) is 86.5 Å². The van der Waals surface area contributed by atoms with Crippen LogP contribution in [0.15, 0.2) is 54.5 Å². The number of halogens is 1. The third-order valence-corrected chi connectivity index (χ3v) is 7.51. The van der Waals surface area contributed by atoms with E-state index in [2.05, 4.69) is 22.4 Å². The molecule has 2 aliphatic rings. The fourth-order valence-corrected chi connectivity index (χ4v) is 5.61. The number of carbonyl (C=O) groups is 1. The Bertz CT molecular complexity index is 1010. The molecule has 3 atom stereocenters. The summed E-state index contributed by atoms with van der Waals surface area (Å²) in [5.41, 5.74) is 8.34. The molecule has 7 heteroatoms. The Morgan fingerprint density at radius 3 is 2.82 bits per heavy atom. The summed E-state index contributed by atoms with van der Waals surface area (Å²) in [6, 6.07) is 11.9. The number of hydrogen-bond donors (Lipinski definition) is 2. The average Bonchev–Trinajstić information content (AvgIpc) is 2.88. The third-order valence-electron chi connectivity index (χ3n) is 7.51. The Hall–Kier alpha value is -2.93. The van der Waals surface area contributed by atoms with E-state index < -0.39 is 0 Å². The maximum atomic E-state index is 13.1. The molecule has 2 fully saturated rings. The fraction of sp³-hybridized carbons (Fsp3) is 0.481. The molecule has 34 heavy (non-hydrogen) atoms. The molecule has 4 rings (SSSR count). The zero-order chi connectivity index (χ0) is 24.0. The second-order valence-corrected chi connectivity index (χ2v) is 9.49. The Morgan fingerprint density at radius 1 is 1.26 bits per heavy atom. The first-order chi connectivity index (χ1) is 16.6. The van der Waals surface area contributed by atoms with Crippen molar-refractivity contribution in [2.24, 2.45) is 17.6 Å². The Balaban J connectivity index is 1.37.